The smallest absolute Gasteiger partial charge is 0.337 e. The van der Waals surface area contributed by atoms with Crippen LogP contribution in [0.5, 0.6) is 0 Å². The van der Waals surface area contributed by atoms with Gasteiger partial charge < -0.3 is 15.3 Å². The number of aromatic carboxylic acids is 1. The molecule has 0 aromatic heterocycles. The van der Waals surface area contributed by atoms with Crippen LogP contribution in [-0.2, 0) is 11.2 Å². The third kappa shape index (κ3) is 5.95. The molecule has 4 rings (SSSR count). The highest BCUT2D eigenvalue weighted by molar-refractivity contribution is 6.07. The molecule has 0 unspecified atom stereocenters. The lowest BCUT2D eigenvalue weighted by Crippen LogP contribution is -2.21. The summed E-state index contributed by atoms with van der Waals surface area (Å²) in [4.78, 5) is 26.7. The number of amides is 1. The van der Waals surface area contributed by atoms with Crippen LogP contribution in [0, 0.1) is 0 Å². The summed E-state index contributed by atoms with van der Waals surface area (Å²) in [6.07, 6.45) is 2.34. The van der Waals surface area contributed by atoms with Crippen molar-refractivity contribution in [3.05, 3.63) is 114 Å². The van der Waals surface area contributed by atoms with Crippen LogP contribution in [0.2, 0.25) is 0 Å². The summed E-state index contributed by atoms with van der Waals surface area (Å²) >= 11 is 0. The molecule has 4 aromatic carbocycles. The normalized spacial score (nSPS) is 11.3. The number of nitrogens with zero attached hydrogens (tertiary/aromatic N) is 1. The van der Waals surface area contributed by atoms with E-state index in [0.717, 1.165) is 40.6 Å². The molecule has 0 fully saturated rings. The Hall–Kier alpha value is -4.38. The van der Waals surface area contributed by atoms with Crippen molar-refractivity contribution in [2.45, 2.75) is 13.3 Å². The molecule has 0 aliphatic heterocycles. The fraction of sp³-hybridized carbons (Fsp3) is 0.133. The molecular weight excluding hydrogens is 436 g/mol. The quantitative estimate of drug-likeness (QED) is 0.302. The Labute approximate surface area is 205 Å². The number of carbonyl (C=O) groups is 2. The van der Waals surface area contributed by atoms with Gasteiger partial charge in [-0.3, -0.25) is 4.79 Å². The minimum Gasteiger partial charge on any atom is -0.478 e. The van der Waals surface area contributed by atoms with Crippen LogP contribution in [0.1, 0.15) is 28.4 Å². The van der Waals surface area contributed by atoms with Crippen molar-refractivity contribution >= 4 is 39.6 Å². The van der Waals surface area contributed by atoms with Gasteiger partial charge in [0, 0.05) is 25.4 Å². The molecule has 0 atom stereocenters. The third-order valence-electron chi connectivity index (χ3n) is 6.06. The highest BCUT2D eigenvalue weighted by Crippen LogP contribution is 2.25. The minimum absolute atomic E-state index is 0.0548. The van der Waals surface area contributed by atoms with E-state index in [1.54, 1.807) is 12.1 Å². The van der Waals surface area contributed by atoms with Crippen molar-refractivity contribution in [1.82, 2.24) is 0 Å². The van der Waals surface area contributed by atoms with Crippen LogP contribution in [0.25, 0.3) is 16.3 Å². The number of carboxylic acids is 1. The fourth-order valence-electron chi connectivity index (χ4n) is 4.01. The van der Waals surface area contributed by atoms with Crippen LogP contribution in [0.3, 0.4) is 0 Å². The Morgan fingerprint density at radius 1 is 0.886 bits per heavy atom. The lowest BCUT2D eigenvalue weighted by molar-refractivity contribution is -0.111. The molecule has 0 aliphatic carbocycles. The molecule has 0 saturated carbocycles. The number of rotatable bonds is 8. The molecule has 0 saturated heterocycles. The number of fused-ring (bicyclic) bond motifs is 1. The molecule has 1 amide bonds. The van der Waals surface area contributed by atoms with Crippen LogP contribution in [-0.4, -0.2) is 30.6 Å². The molecule has 5 nitrogen and oxygen atoms in total. The number of carboxylic acid groups (broad SMARTS) is 1. The number of likely N-dealkylation sites (N-methyl/N-ethyl adjacent to an activating group) is 1. The first-order chi connectivity index (χ1) is 16.9. The molecule has 176 valence electrons. The largest absolute Gasteiger partial charge is 0.478 e. The second-order valence-corrected chi connectivity index (χ2v) is 8.57. The van der Waals surface area contributed by atoms with E-state index >= 15 is 0 Å². The Kier molecular flexibility index (Phi) is 7.27. The number of hydrogen-bond donors (Lipinski definition) is 2. The molecule has 35 heavy (non-hydrogen) atoms. The number of anilines is 2. The second kappa shape index (κ2) is 10.7. The molecule has 4 aromatic rings. The van der Waals surface area contributed by atoms with E-state index in [4.69, 9.17) is 0 Å². The predicted octanol–water partition coefficient (Wildman–Crippen LogP) is 6.26. The Morgan fingerprint density at radius 3 is 2.34 bits per heavy atom. The lowest BCUT2D eigenvalue weighted by atomic mass is 10.0. The Balaban J connectivity index is 1.48. The second-order valence-electron chi connectivity index (χ2n) is 8.57. The van der Waals surface area contributed by atoms with Crippen molar-refractivity contribution in [2.24, 2.45) is 0 Å². The summed E-state index contributed by atoms with van der Waals surface area (Å²) in [5.74, 6) is -1.46. The predicted molar refractivity (Wildman–Crippen MR) is 143 cm³/mol. The van der Waals surface area contributed by atoms with Crippen molar-refractivity contribution in [1.29, 1.82) is 0 Å². The Bertz CT molecular complexity index is 1390. The summed E-state index contributed by atoms with van der Waals surface area (Å²) in [7, 11) is 1.93. The van der Waals surface area contributed by atoms with Gasteiger partial charge in [0.25, 0.3) is 0 Å². The van der Waals surface area contributed by atoms with Gasteiger partial charge in [0.1, 0.15) is 0 Å². The molecule has 0 bridgehead atoms. The minimum atomic E-state index is -1.09. The van der Waals surface area contributed by atoms with Crippen molar-refractivity contribution in [3.63, 3.8) is 0 Å². The molecule has 0 aliphatic rings. The Morgan fingerprint density at radius 2 is 1.60 bits per heavy atom. The third-order valence-corrected chi connectivity index (χ3v) is 6.06. The zero-order valence-corrected chi connectivity index (χ0v) is 19.9. The summed E-state index contributed by atoms with van der Waals surface area (Å²) in [6, 6.07) is 29.3. The first kappa shape index (κ1) is 23.8. The summed E-state index contributed by atoms with van der Waals surface area (Å²) in [5, 5.41) is 14.7. The van der Waals surface area contributed by atoms with E-state index in [0.29, 0.717) is 0 Å². The standard InChI is InChI=1S/C30H28N2O3/c1-21(24-13-12-23-10-6-7-11-25(23)19-24)18-29(33)31-28-15-14-26(20-27(28)30(34)35)32(2)17-16-22-8-4-3-5-9-22/h3-15,18-20H,16-17H2,1-2H3,(H,31,33)(H,34,35)/b21-18-. The van der Waals surface area contributed by atoms with Crippen LogP contribution >= 0.6 is 0 Å². The number of hydrogen-bond acceptors (Lipinski definition) is 3. The van der Waals surface area contributed by atoms with Crippen LogP contribution < -0.4 is 10.2 Å². The lowest BCUT2D eigenvalue weighted by Gasteiger charge is -2.21. The zero-order chi connectivity index (χ0) is 24.8. The molecule has 5 heteroatoms. The van der Waals surface area contributed by atoms with E-state index < -0.39 is 5.97 Å². The fourth-order valence-corrected chi connectivity index (χ4v) is 4.01. The number of benzene rings is 4. The molecule has 0 radical (unpaired) electrons. The average Bonchev–Trinajstić information content (AvgIpc) is 2.87. The van der Waals surface area contributed by atoms with E-state index in [2.05, 4.69) is 17.4 Å². The average molecular weight is 465 g/mol. The molecule has 2 N–H and O–H groups in total. The van der Waals surface area contributed by atoms with Gasteiger partial charge in [0.15, 0.2) is 0 Å². The van der Waals surface area contributed by atoms with Gasteiger partial charge in [-0.15, -0.1) is 0 Å². The number of allylic oxidation sites excluding steroid dienone is 1. The maximum atomic E-state index is 12.7. The van der Waals surface area contributed by atoms with Gasteiger partial charge in [-0.2, -0.15) is 0 Å². The summed E-state index contributed by atoms with van der Waals surface area (Å²) < 4.78 is 0. The van der Waals surface area contributed by atoms with Gasteiger partial charge in [0.2, 0.25) is 5.91 Å². The van der Waals surface area contributed by atoms with Gasteiger partial charge >= 0.3 is 5.97 Å². The van der Waals surface area contributed by atoms with Crippen molar-refractivity contribution < 1.29 is 14.7 Å². The SMILES string of the molecule is C/C(=C/C(=O)Nc1ccc(N(C)CCc2ccccc2)cc1C(=O)O)c1ccc2ccccc2c1. The number of carbonyl (C=O) groups excluding carboxylic acids is 1. The van der Waals surface area contributed by atoms with E-state index in [9.17, 15) is 14.7 Å². The van der Waals surface area contributed by atoms with E-state index in [1.807, 2.05) is 85.6 Å². The summed E-state index contributed by atoms with van der Waals surface area (Å²) in [6.45, 7) is 2.61. The first-order valence-electron chi connectivity index (χ1n) is 11.5. The van der Waals surface area contributed by atoms with Crippen LogP contribution in [0.4, 0.5) is 11.4 Å². The first-order valence-corrected chi connectivity index (χ1v) is 11.5. The zero-order valence-electron chi connectivity index (χ0n) is 19.9. The van der Waals surface area contributed by atoms with E-state index in [1.165, 1.54) is 11.6 Å². The van der Waals surface area contributed by atoms with Gasteiger partial charge in [0.05, 0.1) is 11.3 Å². The van der Waals surface area contributed by atoms with Crippen LogP contribution in [0.15, 0.2) is 97.1 Å². The molecule has 0 heterocycles. The van der Waals surface area contributed by atoms with E-state index in [-0.39, 0.29) is 17.2 Å². The van der Waals surface area contributed by atoms with Gasteiger partial charge in [-0.05, 0) is 65.1 Å². The maximum absolute atomic E-state index is 12.7. The van der Waals surface area contributed by atoms with Crippen molar-refractivity contribution in [2.75, 3.05) is 23.8 Å². The maximum Gasteiger partial charge on any atom is 0.337 e. The highest BCUT2D eigenvalue weighted by atomic mass is 16.4. The van der Waals surface area contributed by atoms with Gasteiger partial charge in [-0.1, -0.05) is 66.7 Å². The highest BCUT2D eigenvalue weighted by Gasteiger charge is 2.15. The van der Waals surface area contributed by atoms with Gasteiger partial charge in [-0.25, -0.2) is 4.79 Å². The van der Waals surface area contributed by atoms with Crippen molar-refractivity contribution in [3.8, 4) is 0 Å². The number of nitrogens with one attached hydrogen (secondary N) is 1. The topological polar surface area (TPSA) is 69.6 Å². The monoisotopic (exact) mass is 464 g/mol. The molecular formula is C30H28N2O3. The molecule has 0 spiro atoms. The summed E-state index contributed by atoms with van der Waals surface area (Å²) in [5.41, 5.74) is 4.05.